The first-order valence-electron chi connectivity index (χ1n) is 5.95. The van der Waals surface area contributed by atoms with Gasteiger partial charge in [-0.1, -0.05) is 0 Å². The first kappa shape index (κ1) is 12.4. The Morgan fingerprint density at radius 2 is 1.67 bits per heavy atom. The zero-order valence-electron chi connectivity index (χ0n) is 10.9. The topological polar surface area (TPSA) is 61.0 Å². The van der Waals surface area contributed by atoms with Crippen LogP contribution in [-0.2, 0) is 0 Å². The SMILES string of the molecule is CCOc1ccc(-c2nc(C)c(C)nc2N)cc1. The van der Waals surface area contributed by atoms with Crippen LogP contribution in [0.1, 0.15) is 18.3 Å². The van der Waals surface area contributed by atoms with Crippen molar-refractivity contribution in [3.05, 3.63) is 35.7 Å². The minimum Gasteiger partial charge on any atom is -0.494 e. The Kier molecular flexibility index (Phi) is 3.46. The van der Waals surface area contributed by atoms with Gasteiger partial charge in [0.2, 0.25) is 0 Å². The number of aromatic nitrogens is 2. The number of hydrogen-bond acceptors (Lipinski definition) is 4. The molecule has 1 heterocycles. The number of nitrogen functional groups attached to an aromatic ring is 1. The van der Waals surface area contributed by atoms with E-state index in [0.717, 1.165) is 28.4 Å². The van der Waals surface area contributed by atoms with E-state index in [-0.39, 0.29) is 0 Å². The molecule has 4 nitrogen and oxygen atoms in total. The molecule has 2 N–H and O–H groups in total. The Morgan fingerprint density at radius 1 is 1.06 bits per heavy atom. The third-order valence-electron chi connectivity index (χ3n) is 2.77. The van der Waals surface area contributed by atoms with Gasteiger partial charge >= 0.3 is 0 Å². The number of anilines is 1. The summed E-state index contributed by atoms with van der Waals surface area (Å²) in [5, 5.41) is 0. The average molecular weight is 243 g/mol. The van der Waals surface area contributed by atoms with Crippen LogP contribution >= 0.6 is 0 Å². The second kappa shape index (κ2) is 5.04. The molecule has 94 valence electrons. The standard InChI is InChI=1S/C14H17N3O/c1-4-18-12-7-5-11(6-8-12)13-14(15)17-10(3)9(2)16-13/h5-8H,4H2,1-3H3,(H2,15,17). The Bertz CT molecular complexity index is 550. The number of rotatable bonds is 3. The molecule has 0 unspecified atom stereocenters. The molecule has 0 aliphatic rings. The highest BCUT2D eigenvalue weighted by Crippen LogP contribution is 2.25. The van der Waals surface area contributed by atoms with E-state index in [1.807, 2.05) is 45.0 Å². The second-order valence-corrected chi connectivity index (χ2v) is 4.09. The van der Waals surface area contributed by atoms with Gasteiger partial charge in [-0.05, 0) is 45.0 Å². The summed E-state index contributed by atoms with van der Waals surface area (Å²) in [7, 11) is 0. The van der Waals surface area contributed by atoms with Gasteiger partial charge in [0.05, 0.1) is 18.0 Å². The summed E-state index contributed by atoms with van der Waals surface area (Å²) in [5.74, 6) is 1.30. The molecule has 18 heavy (non-hydrogen) atoms. The molecule has 2 aromatic rings. The summed E-state index contributed by atoms with van der Waals surface area (Å²) in [6.07, 6.45) is 0. The minimum atomic E-state index is 0.460. The van der Waals surface area contributed by atoms with Crippen LogP contribution in [0.25, 0.3) is 11.3 Å². The van der Waals surface area contributed by atoms with Gasteiger partial charge in [-0.3, -0.25) is 0 Å². The van der Waals surface area contributed by atoms with Crippen molar-refractivity contribution in [2.24, 2.45) is 0 Å². The largest absolute Gasteiger partial charge is 0.494 e. The molecule has 4 heteroatoms. The lowest BCUT2D eigenvalue weighted by molar-refractivity contribution is 0.340. The van der Waals surface area contributed by atoms with E-state index in [1.54, 1.807) is 0 Å². The summed E-state index contributed by atoms with van der Waals surface area (Å²) in [6, 6.07) is 7.71. The first-order chi connectivity index (χ1) is 8.61. The monoisotopic (exact) mass is 243 g/mol. The summed E-state index contributed by atoms with van der Waals surface area (Å²) in [4.78, 5) is 8.78. The molecule has 0 spiro atoms. The predicted octanol–water partition coefficient (Wildman–Crippen LogP) is 2.74. The molecule has 0 fully saturated rings. The van der Waals surface area contributed by atoms with E-state index < -0.39 is 0 Å². The van der Waals surface area contributed by atoms with Gasteiger partial charge in [0.25, 0.3) is 0 Å². The van der Waals surface area contributed by atoms with E-state index in [2.05, 4.69) is 9.97 Å². The molecule has 0 aliphatic carbocycles. The highest BCUT2D eigenvalue weighted by Gasteiger charge is 2.08. The number of hydrogen-bond donors (Lipinski definition) is 1. The number of nitrogens with zero attached hydrogens (tertiary/aromatic N) is 2. The van der Waals surface area contributed by atoms with Crippen molar-refractivity contribution in [1.82, 2.24) is 9.97 Å². The van der Waals surface area contributed by atoms with Crippen molar-refractivity contribution in [2.45, 2.75) is 20.8 Å². The molecule has 0 aliphatic heterocycles. The molecule has 0 saturated carbocycles. The van der Waals surface area contributed by atoms with Crippen LogP contribution in [0.3, 0.4) is 0 Å². The lowest BCUT2D eigenvalue weighted by Gasteiger charge is -2.08. The number of benzene rings is 1. The van der Waals surface area contributed by atoms with Crippen LogP contribution in [0.15, 0.2) is 24.3 Å². The summed E-state index contributed by atoms with van der Waals surface area (Å²) in [6.45, 7) is 6.45. The molecular formula is C14H17N3O. The number of ether oxygens (including phenoxy) is 1. The van der Waals surface area contributed by atoms with Crippen LogP contribution in [0.4, 0.5) is 5.82 Å². The zero-order valence-corrected chi connectivity index (χ0v) is 10.9. The lowest BCUT2D eigenvalue weighted by Crippen LogP contribution is -2.02. The molecule has 0 bridgehead atoms. The van der Waals surface area contributed by atoms with Crippen molar-refractivity contribution >= 4 is 5.82 Å². The van der Waals surface area contributed by atoms with Crippen molar-refractivity contribution in [2.75, 3.05) is 12.3 Å². The van der Waals surface area contributed by atoms with E-state index in [9.17, 15) is 0 Å². The van der Waals surface area contributed by atoms with E-state index in [1.165, 1.54) is 0 Å². The quantitative estimate of drug-likeness (QED) is 0.900. The van der Waals surface area contributed by atoms with Gasteiger partial charge in [0.15, 0.2) is 0 Å². The van der Waals surface area contributed by atoms with Gasteiger partial charge < -0.3 is 10.5 Å². The van der Waals surface area contributed by atoms with E-state index >= 15 is 0 Å². The Labute approximate surface area is 107 Å². The Hall–Kier alpha value is -2.10. The highest BCUT2D eigenvalue weighted by atomic mass is 16.5. The maximum absolute atomic E-state index is 5.91. The lowest BCUT2D eigenvalue weighted by atomic mass is 10.1. The van der Waals surface area contributed by atoms with Gasteiger partial charge in [0, 0.05) is 5.56 Å². The molecule has 0 atom stereocenters. The molecule has 0 radical (unpaired) electrons. The van der Waals surface area contributed by atoms with Gasteiger partial charge in [-0.15, -0.1) is 0 Å². The molecule has 0 amide bonds. The van der Waals surface area contributed by atoms with Crippen LogP contribution in [0.5, 0.6) is 5.75 Å². The fourth-order valence-corrected chi connectivity index (χ4v) is 1.71. The van der Waals surface area contributed by atoms with E-state index in [0.29, 0.717) is 12.4 Å². The fraction of sp³-hybridized carbons (Fsp3) is 0.286. The van der Waals surface area contributed by atoms with E-state index in [4.69, 9.17) is 10.5 Å². The summed E-state index contributed by atoms with van der Waals surface area (Å²) >= 11 is 0. The molecule has 2 rings (SSSR count). The van der Waals surface area contributed by atoms with Gasteiger partial charge in [-0.25, -0.2) is 9.97 Å². The molecule has 1 aromatic heterocycles. The Balaban J connectivity index is 2.39. The highest BCUT2D eigenvalue weighted by molar-refractivity contribution is 5.70. The van der Waals surface area contributed by atoms with Crippen molar-refractivity contribution < 1.29 is 4.74 Å². The molecule has 1 aromatic carbocycles. The van der Waals surface area contributed by atoms with Crippen molar-refractivity contribution in [3.63, 3.8) is 0 Å². The Morgan fingerprint density at radius 3 is 2.28 bits per heavy atom. The van der Waals surface area contributed by atoms with Crippen molar-refractivity contribution in [1.29, 1.82) is 0 Å². The van der Waals surface area contributed by atoms with Crippen LogP contribution in [-0.4, -0.2) is 16.6 Å². The van der Waals surface area contributed by atoms with Crippen LogP contribution in [0, 0.1) is 13.8 Å². The van der Waals surface area contributed by atoms with Crippen LogP contribution < -0.4 is 10.5 Å². The van der Waals surface area contributed by atoms with Crippen LogP contribution in [0.2, 0.25) is 0 Å². The average Bonchev–Trinajstić information content (AvgIpc) is 2.35. The number of nitrogens with two attached hydrogens (primary N) is 1. The minimum absolute atomic E-state index is 0.460. The summed E-state index contributed by atoms with van der Waals surface area (Å²) in [5.41, 5.74) is 9.35. The van der Waals surface area contributed by atoms with Crippen molar-refractivity contribution in [3.8, 4) is 17.0 Å². The second-order valence-electron chi connectivity index (χ2n) is 4.09. The predicted molar refractivity (Wildman–Crippen MR) is 72.5 cm³/mol. The maximum Gasteiger partial charge on any atom is 0.150 e. The van der Waals surface area contributed by atoms with Gasteiger partial charge in [-0.2, -0.15) is 0 Å². The fourth-order valence-electron chi connectivity index (χ4n) is 1.71. The zero-order chi connectivity index (χ0) is 13.1. The third kappa shape index (κ3) is 2.42. The first-order valence-corrected chi connectivity index (χ1v) is 5.95. The normalized spacial score (nSPS) is 10.4. The summed E-state index contributed by atoms with van der Waals surface area (Å²) < 4.78 is 5.40. The molecule has 0 saturated heterocycles. The smallest absolute Gasteiger partial charge is 0.150 e. The third-order valence-corrected chi connectivity index (χ3v) is 2.77. The number of aryl methyl sites for hydroxylation is 2. The molecular weight excluding hydrogens is 226 g/mol. The maximum atomic E-state index is 5.91. The van der Waals surface area contributed by atoms with Gasteiger partial charge in [0.1, 0.15) is 17.3 Å².